The highest BCUT2D eigenvalue weighted by molar-refractivity contribution is 5.55. The fourth-order valence-corrected chi connectivity index (χ4v) is 2.31. The molecule has 6 nitrogen and oxygen atoms in total. The lowest BCUT2D eigenvalue weighted by Crippen LogP contribution is -2.26. The van der Waals surface area contributed by atoms with E-state index in [4.69, 9.17) is 0 Å². The summed E-state index contributed by atoms with van der Waals surface area (Å²) >= 11 is 0. The van der Waals surface area contributed by atoms with Crippen molar-refractivity contribution >= 4 is 17.2 Å². The maximum absolute atomic E-state index is 10.6. The lowest BCUT2D eigenvalue weighted by molar-refractivity contribution is -0.385. The quantitative estimate of drug-likeness (QED) is 0.670. The van der Waals surface area contributed by atoms with Crippen LogP contribution < -0.4 is 10.2 Å². The van der Waals surface area contributed by atoms with E-state index in [-0.39, 0.29) is 5.69 Å². The maximum atomic E-state index is 10.6. The van der Waals surface area contributed by atoms with Crippen molar-refractivity contribution in [3.8, 4) is 0 Å². The van der Waals surface area contributed by atoms with Gasteiger partial charge in [-0.05, 0) is 17.7 Å². The number of hydrogen-bond acceptors (Lipinski definition) is 5. The molecule has 0 fully saturated rings. The van der Waals surface area contributed by atoms with Crippen LogP contribution in [-0.4, -0.2) is 23.0 Å². The number of rotatable bonds is 2. The fraction of sp³-hybridized carbons (Fsp3) is 0.214. The van der Waals surface area contributed by atoms with Crippen LogP contribution in [0.2, 0.25) is 0 Å². The molecule has 0 unspecified atom stereocenters. The van der Waals surface area contributed by atoms with Crippen LogP contribution in [0.15, 0.2) is 42.6 Å². The molecule has 0 saturated heterocycles. The van der Waals surface area contributed by atoms with Gasteiger partial charge in [-0.1, -0.05) is 18.2 Å². The van der Waals surface area contributed by atoms with Crippen molar-refractivity contribution in [3.63, 3.8) is 0 Å². The summed E-state index contributed by atoms with van der Waals surface area (Å²) in [4.78, 5) is 16.5. The zero-order chi connectivity index (χ0) is 13.9. The van der Waals surface area contributed by atoms with E-state index in [1.54, 1.807) is 6.07 Å². The molecule has 6 heteroatoms. The van der Waals surface area contributed by atoms with Crippen LogP contribution in [0.25, 0.3) is 0 Å². The molecule has 0 radical (unpaired) electrons. The molecular weight excluding hydrogens is 256 g/mol. The summed E-state index contributed by atoms with van der Waals surface area (Å²) in [5.41, 5.74) is 2.35. The molecule has 0 aliphatic carbocycles. The van der Waals surface area contributed by atoms with E-state index in [9.17, 15) is 10.1 Å². The number of aromatic nitrogens is 1. The van der Waals surface area contributed by atoms with Gasteiger partial charge >= 0.3 is 0 Å². The van der Waals surface area contributed by atoms with Crippen LogP contribution in [0.5, 0.6) is 0 Å². The van der Waals surface area contributed by atoms with E-state index in [2.05, 4.69) is 27.3 Å². The largest absolute Gasteiger partial charge is 0.383 e. The Labute approximate surface area is 116 Å². The molecule has 0 bridgehead atoms. The molecule has 0 atom stereocenters. The van der Waals surface area contributed by atoms with E-state index < -0.39 is 4.92 Å². The zero-order valence-electron chi connectivity index (χ0n) is 10.8. The van der Waals surface area contributed by atoms with E-state index in [0.29, 0.717) is 0 Å². The SMILES string of the molecule is O=[N+]([O-])c1ccc(N2CCNc3ccccc3C2)nc1. The Balaban J connectivity index is 1.85. The highest BCUT2D eigenvalue weighted by Crippen LogP contribution is 2.23. The van der Waals surface area contributed by atoms with Gasteiger partial charge in [0.15, 0.2) is 0 Å². The Bertz CT molecular complexity index is 627. The van der Waals surface area contributed by atoms with Crippen molar-refractivity contribution in [2.24, 2.45) is 0 Å². The normalized spacial score (nSPS) is 14.1. The van der Waals surface area contributed by atoms with Gasteiger partial charge in [0.25, 0.3) is 5.69 Å². The summed E-state index contributed by atoms with van der Waals surface area (Å²) in [6, 6.07) is 11.3. The van der Waals surface area contributed by atoms with Crippen molar-refractivity contribution in [2.45, 2.75) is 6.54 Å². The minimum Gasteiger partial charge on any atom is -0.383 e. The van der Waals surface area contributed by atoms with Crippen LogP contribution in [0.4, 0.5) is 17.2 Å². The van der Waals surface area contributed by atoms with Gasteiger partial charge in [-0.2, -0.15) is 0 Å². The van der Waals surface area contributed by atoms with Crippen LogP contribution in [0.1, 0.15) is 5.56 Å². The molecule has 2 aromatic rings. The molecule has 2 heterocycles. The highest BCUT2D eigenvalue weighted by Gasteiger charge is 2.15. The molecule has 1 aromatic carbocycles. The maximum Gasteiger partial charge on any atom is 0.287 e. The van der Waals surface area contributed by atoms with Crippen LogP contribution in [0.3, 0.4) is 0 Å². The molecular formula is C14H14N4O2. The second-order valence-electron chi connectivity index (χ2n) is 4.64. The van der Waals surface area contributed by atoms with Gasteiger partial charge in [0, 0.05) is 31.4 Å². The number of nitrogens with zero attached hydrogens (tertiary/aromatic N) is 3. The molecule has 1 aromatic heterocycles. The third-order valence-electron chi connectivity index (χ3n) is 3.34. The second kappa shape index (κ2) is 5.16. The molecule has 0 amide bonds. The number of pyridine rings is 1. The Hall–Kier alpha value is -2.63. The number of nitro groups is 1. The van der Waals surface area contributed by atoms with Gasteiger partial charge < -0.3 is 10.2 Å². The van der Waals surface area contributed by atoms with Gasteiger partial charge in [-0.15, -0.1) is 0 Å². The molecule has 0 saturated carbocycles. The van der Waals surface area contributed by atoms with Crippen molar-refractivity contribution in [1.82, 2.24) is 4.98 Å². The number of benzene rings is 1. The minimum absolute atomic E-state index is 0.0158. The zero-order valence-corrected chi connectivity index (χ0v) is 10.8. The number of nitrogens with one attached hydrogen (secondary N) is 1. The predicted molar refractivity (Wildman–Crippen MR) is 76.9 cm³/mol. The monoisotopic (exact) mass is 270 g/mol. The van der Waals surface area contributed by atoms with Gasteiger partial charge in [0.2, 0.25) is 0 Å². The van der Waals surface area contributed by atoms with Gasteiger partial charge in [0.05, 0.1) is 4.92 Å². The Kier molecular flexibility index (Phi) is 3.20. The molecule has 102 valence electrons. The standard InChI is InChI=1S/C14H14N4O2/c19-18(20)12-5-6-14(16-9-12)17-8-7-15-13-4-2-1-3-11(13)10-17/h1-6,9,15H,7-8,10H2. The predicted octanol–water partition coefficient (Wildman–Crippen LogP) is 2.42. The number of para-hydroxylation sites is 1. The number of hydrogen-bond donors (Lipinski definition) is 1. The lowest BCUT2D eigenvalue weighted by Gasteiger charge is -2.21. The van der Waals surface area contributed by atoms with Gasteiger partial charge in [-0.3, -0.25) is 10.1 Å². The summed E-state index contributed by atoms with van der Waals surface area (Å²) in [6.07, 6.45) is 1.31. The summed E-state index contributed by atoms with van der Waals surface area (Å²) in [5.74, 6) is 0.758. The third-order valence-corrected chi connectivity index (χ3v) is 3.34. The first kappa shape index (κ1) is 12.4. The first-order valence-corrected chi connectivity index (χ1v) is 6.41. The lowest BCUT2D eigenvalue weighted by atomic mass is 10.1. The average Bonchev–Trinajstić information content (AvgIpc) is 2.69. The second-order valence-corrected chi connectivity index (χ2v) is 4.64. The number of fused-ring (bicyclic) bond motifs is 1. The van der Waals surface area contributed by atoms with Crippen molar-refractivity contribution < 1.29 is 4.92 Å². The summed E-state index contributed by atoms with van der Waals surface area (Å²) in [5, 5.41) is 14.0. The van der Waals surface area contributed by atoms with Gasteiger partial charge in [0.1, 0.15) is 12.0 Å². The fourth-order valence-electron chi connectivity index (χ4n) is 2.31. The highest BCUT2D eigenvalue weighted by atomic mass is 16.6. The smallest absolute Gasteiger partial charge is 0.287 e. The molecule has 1 aliphatic rings. The third kappa shape index (κ3) is 2.40. The Morgan fingerprint density at radius 1 is 1.25 bits per heavy atom. The van der Waals surface area contributed by atoms with E-state index in [0.717, 1.165) is 31.1 Å². The summed E-state index contributed by atoms with van der Waals surface area (Å²) < 4.78 is 0. The van der Waals surface area contributed by atoms with Crippen LogP contribution in [0, 0.1) is 10.1 Å². The number of anilines is 2. The molecule has 1 N–H and O–H groups in total. The Morgan fingerprint density at radius 3 is 2.85 bits per heavy atom. The van der Waals surface area contributed by atoms with E-state index in [1.165, 1.54) is 17.8 Å². The van der Waals surface area contributed by atoms with Crippen LogP contribution >= 0.6 is 0 Å². The molecule has 1 aliphatic heterocycles. The molecule has 0 spiro atoms. The van der Waals surface area contributed by atoms with Crippen molar-refractivity contribution in [3.05, 3.63) is 58.3 Å². The van der Waals surface area contributed by atoms with Crippen LogP contribution in [-0.2, 0) is 6.54 Å². The first-order valence-electron chi connectivity index (χ1n) is 6.41. The average molecular weight is 270 g/mol. The van der Waals surface area contributed by atoms with Crippen molar-refractivity contribution in [2.75, 3.05) is 23.3 Å². The van der Waals surface area contributed by atoms with E-state index in [1.807, 2.05) is 12.1 Å². The minimum atomic E-state index is -0.434. The topological polar surface area (TPSA) is 71.3 Å². The Morgan fingerprint density at radius 2 is 2.10 bits per heavy atom. The first-order chi connectivity index (χ1) is 9.74. The summed E-state index contributed by atoms with van der Waals surface area (Å²) in [6.45, 7) is 2.36. The molecule has 3 rings (SSSR count). The molecule has 20 heavy (non-hydrogen) atoms. The summed E-state index contributed by atoms with van der Waals surface area (Å²) in [7, 11) is 0. The van der Waals surface area contributed by atoms with Crippen molar-refractivity contribution in [1.29, 1.82) is 0 Å². The van der Waals surface area contributed by atoms with E-state index >= 15 is 0 Å². The van der Waals surface area contributed by atoms with Gasteiger partial charge in [-0.25, -0.2) is 4.98 Å².